The van der Waals surface area contributed by atoms with Crippen LogP contribution in [-0.4, -0.2) is 27.3 Å². The summed E-state index contributed by atoms with van der Waals surface area (Å²) in [4.78, 5) is 35.3. The first-order valence-electron chi connectivity index (χ1n) is 6.71. The van der Waals surface area contributed by atoms with Crippen molar-refractivity contribution in [2.45, 2.75) is 6.92 Å². The Bertz CT molecular complexity index is 913. The third-order valence-electron chi connectivity index (χ3n) is 3.32. The van der Waals surface area contributed by atoms with Gasteiger partial charge in [0.25, 0.3) is 17.5 Å². The van der Waals surface area contributed by atoms with E-state index in [1.165, 1.54) is 19.1 Å². The number of hydrogen-bond donors (Lipinski definition) is 1. The number of rotatable bonds is 4. The molecule has 0 aromatic heterocycles. The van der Waals surface area contributed by atoms with Gasteiger partial charge in [-0.1, -0.05) is 18.2 Å². The van der Waals surface area contributed by atoms with Crippen LogP contribution >= 0.6 is 11.6 Å². The normalized spacial score (nSPS) is 16.0. The van der Waals surface area contributed by atoms with E-state index in [1.807, 2.05) is 0 Å². The molecule has 1 aliphatic heterocycles. The van der Waals surface area contributed by atoms with Gasteiger partial charge in [-0.05, 0) is 19.1 Å². The highest BCUT2D eigenvalue weighted by Gasteiger charge is 2.35. The van der Waals surface area contributed by atoms with E-state index in [1.54, 1.807) is 6.07 Å². The average Bonchev–Trinajstić information content (AvgIpc) is 2.56. The van der Waals surface area contributed by atoms with E-state index in [4.69, 9.17) is 16.9 Å². The Morgan fingerprint density at radius 1 is 1.44 bits per heavy atom. The third kappa shape index (κ3) is 3.24. The van der Waals surface area contributed by atoms with Gasteiger partial charge in [-0.2, -0.15) is 10.4 Å². The van der Waals surface area contributed by atoms with Gasteiger partial charge >= 0.3 is 0 Å². The summed E-state index contributed by atoms with van der Waals surface area (Å²) >= 11 is 5.73. The van der Waals surface area contributed by atoms with Gasteiger partial charge in [0.15, 0.2) is 5.71 Å². The molecule has 1 aliphatic rings. The number of anilines is 1. The number of halogens is 1. The largest absolute Gasteiger partial charge is 0.295 e. The topological polar surface area (TPSA) is 129 Å². The highest BCUT2D eigenvalue weighted by Crippen LogP contribution is 2.28. The van der Waals surface area contributed by atoms with Gasteiger partial charge in [0.2, 0.25) is 0 Å². The molecule has 1 heterocycles. The van der Waals surface area contributed by atoms with E-state index >= 15 is 0 Å². The molecule has 0 radical (unpaired) electrons. The monoisotopic (exact) mass is 359 g/mol. The molecular weight excluding hydrogens is 350 g/mol. The van der Waals surface area contributed by atoms with Gasteiger partial charge in [-0.25, -0.2) is 4.90 Å². The van der Waals surface area contributed by atoms with Gasteiger partial charge in [0, 0.05) is 22.9 Å². The van der Waals surface area contributed by atoms with Gasteiger partial charge in [0.1, 0.15) is 17.3 Å². The molecule has 0 fully saturated rings. The Morgan fingerprint density at radius 3 is 2.68 bits per heavy atom. The molecule has 1 aromatic carbocycles. The smallest absolute Gasteiger partial charge is 0.271 e. The number of benzene rings is 1. The van der Waals surface area contributed by atoms with Crippen molar-refractivity contribution in [3.63, 3.8) is 0 Å². The highest BCUT2D eigenvalue weighted by molar-refractivity contribution is 6.51. The van der Waals surface area contributed by atoms with Crippen LogP contribution in [0.1, 0.15) is 6.92 Å². The van der Waals surface area contributed by atoms with Crippen molar-refractivity contribution in [2.75, 3.05) is 5.43 Å². The number of hydrogen-bond acceptors (Lipinski definition) is 7. The van der Waals surface area contributed by atoms with E-state index in [9.17, 15) is 19.7 Å². The molecule has 0 atom stereocenters. The molecule has 126 valence electrons. The first-order chi connectivity index (χ1) is 11.8. The quantitative estimate of drug-likeness (QED) is 0.499. The third-order valence-corrected chi connectivity index (χ3v) is 3.56. The second kappa shape index (κ2) is 6.94. The van der Waals surface area contributed by atoms with Crippen LogP contribution in [-0.2, 0) is 9.59 Å². The molecule has 0 bridgehead atoms. The first-order valence-corrected chi connectivity index (χ1v) is 7.09. The number of nitrogens with zero attached hydrogens (tertiary/aromatic N) is 4. The number of carbonyl (C=O) groups excluding carboxylic acids is 2. The Labute approximate surface area is 146 Å². The maximum atomic E-state index is 12.3. The average molecular weight is 360 g/mol. The summed E-state index contributed by atoms with van der Waals surface area (Å²) < 4.78 is 0. The standard InChI is InChI=1S/C15H10ClN5O4/c1-3-20-14(22)10(7-17)8(2)13(15(20)23)19-18-11-5-4-9(16)6-12(11)21(24)25/h3-6,18H,1H2,2H3/b19-13-. The number of nitro groups is 1. The number of amides is 2. The van der Waals surface area contributed by atoms with Crippen LogP contribution in [0.5, 0.6) is 0 Å². The molecule has 0 unspecified atom stereocenters. The zero-order valence-electron chi connectivity index (χ0n) is 12.8. The second-order valence-electron chi connectivity index (χ2n) is 4.77. The predicted octanol–water partition coefficient (Wildman–Crippen LogP) is 2.37. The fourth-order valence-electron chi connectivity index (χ4n) is 2.06. The SMILES string of the molecule is C=CN1C(=O)C(C#N)=C(C)/C(=N/Nc2ccc(Cl)cc2[N+](=O)[O-])C1=O. The minimum absolute atomic E-state index is 0.0111. The van der Waals surface area contributed by atoms with Crippen molar-refractivity contribution < 1.29 is 14.5 Å². The van der Waals surface area contributed by atoms with Crippen molar-refractivity contribution in [1.29, 1.82) is 5.26 Å². The lowest BCUT2D eigenvalue weighted by molar-refractivity contribution is -0.383. The van der Waals surface area contributed by atoms with Crippen molar-refractivity contribution in [1.82, 2.24) is 4.90 Å². The highest BCUT2D eigenvalue weighted by atomic mass is 35.5. The molecule has 0 saturated heterocycles. The summed E-state index contributed by atoms with van der Waals surface area (Å²) in [5.74, 6) is -1.61. The lowest BCUT2D eigenvalue weighted by Gasteiger charge is -2.22. The lowest BCUT2D eigenvalue weighted by Crippen LogP contribution is -2.43. The fraction of sp³-hybridized carbons (Fsp3) is 0.0667. The Morgan fingerprint density at radius 2 is 2.12 bits per heavy atom. The van der Waals surface area contributed by atoms with Crippen LogP contribution in [0.2, 0.25) is 5.02 Å². The van der Waals surface area contributed by atoms with Crippen LogP contribution in [0.25, 0.3) is 0 Å². The predicted molar refractivity (Wildman–Crippen MR) is 89.5 cm³/mol. The molecule has 1 aromatic rings. The molecular formula is C15H10ClN5O4. The summed E-state index contributed by atoms with van der Waals surface area (Å²) in [6.07, 6.45) is 0.967. The molecule has 9 nitrogen and oxygen atoms in total. The van der Waals surface area contributed by atoms with Gasteiger partial charge in [0.05, 0.1) is 4.92 Å². The van der Waals surface area contributed by atoms with Crippen molar-refractivity contribution >= 4 is 40.5 Å². The van der Waals surface area contributed by atoms with E-state index < -0.39 is 16.7 Å². The van der Waals surface area contributed by atoms with Crippen LogP contribution in [0.3, 0.4) is 0 Å². The van der Waals surface area contributed by atoms with Crippen molar-refractivity contribution in [3.05, 3.63) is 57.3 Å². The number of nitro benzene ring substituents is 1. The Hall–Kier alpha value is -3.51. The second-order valence-corrected chi connectivity index (χ2v) is 5.20. The molecule has 0 spiro atoms. The molecule has 0 saturated carbocycles. The number of hydrazone groups is 1. The number of nitriles is 1. The molecule has 25 heavy (non-hydrogen) atoms. The molecule has 2 amide bonds. The maximum Gasteiger partial charge on any atom is 0.295 e. The number of carbonyl (C=O) groups is 2. The first kappa shape index (κ1) is 17.8. The molecule has 1 N–H and O–H groups in total. The summed E-state index contributed by atoms with van der Waals surface area (Å²) in [5, 5.41) is 24.2. The fourth-order valence-corrected chi connectivity index (χ4v) is 2.23. The van der Waals surface area contributed by atoms with Crippen LogP contribution in [0, 0.1) is 21.4 Å². The van der Waals surface area contributed by atoms with E-state index in [0.29, 0.717) is 4.90 Å². The number of nitrogens with one attached hydrogen (secondary N) is 1. The van der Waals surface area contributed by atoms with Crippen molar-refractivity contribution in [3.8, 4) is 6.07 Å². The minimum atomic E-state index is -0.809. The van der Waals surface area contributed by atoms with Gasteiger partial charge in [-0.3, -0.25) is 25.1 Å². The summed E-state index contributed by atoms with van der Waals surface area (Å²) in [5.41, 5.74) is 1.60. The van der Waals surface area contributed by atoms with Crippen LogP contribution in [0.4, 0.5) is 11.4 Å². The minimum Gasteiger partial charge on any atom is -0.271 e. The molecule has 10 heteroatoms. The molecule has 2 rings (SSSR count). The van der Waals surface area contributed by atoms with E-state index in [2.05, 4.69) is 17.1 Å². The van der Waals surface area contributed by atoms with E-state index in [-0.39, 0.29) is 33.3 Å². The summed E-state index contributed by atoms with van der Waals surface area (Å²) in [6, 6.07) is 5.55. The van der Waals surface area contributed by atoms with Crippen LogP contribution < -0.4 is 5.43 Å². The summed E-state index contributed by atoms with van der Waals surface area (Å²) in [7, 11) is 0. The zero-order chi connectivity index (χ0) is 18.7. The van der Waals surface area contributed by atoms with Gasteiger partial charge in [-0.15, -0.1) is 0 Å². The van der Waals surface area contributed by atoms with Crippen LogP contribution in [0.15, 0.2) is 47.2 Å². The lowest BCUT2D eigenvalue weighted by atomic mass is 9.99. The number of imide groups is 1. The van der Waals surface area contributed by atoms with E-state index in [0.717, 1.165) is 12.3 Å². The zero-order valence-corrected chi connectivity index (χ0v) is 13.6. The van der Waals surface area contributed by atoms with Crippen molar-refractivity contribution in [2.24, 2.45) is 5.10 Å². The maximum absolute atomic E-state index is 12.3. The Kier molecular flexibility index (Phi) is 4.95. The molecule has 0 aliphatic carbocycles. The summed E-state index contributed by atoms with van der Waals surface area (Å²) in [6.45, 7) is 4.73. The Balaban J connectivity index is 2.51. The van der Waals surface area contributed by atoms with Gasteiger partial charge < -0.3 is 0 Å².